The van der Waals surface area contributed by atoms with Gasteiger partial charge in [-0.1, -0.05) is 56.2 Å². The first-order valence-electron chi connectivity index (χ1n) is 5.78. The van der Waals surface area contributed by atoms with Crippen LogP contribution in [0.5, 0.6) is 0 Å². The van der Waals surface area contributed by atoms with Crippen molar-refractivity contribution in [3.8, 4) is 0 Å². The van der Waals surface area contributed by atoms with Gasteiger partial charge in [-0.05, 0) is 17.5 Å². The molecular weight excluding hydrogens is 184 g/mol. The van der Waals surface area contributed by atoms with Crippen LogP contribution in [0.1, 0.15) is 43.4 Å². The first kappa shape index (κ1) is 10.4. The molecule has 1 aromatic carbocycles. The highest BCUT2D eigenvalue weighted by molar-refractivity contribution is 5.57. The van der Waals surface area contributed by atoms with Gasteiger partial charge in [0.1, 0.15) is 0 Å². The van der Waals surface area contributed by atoms with Gasteiger partial charge in [-0.3, -0.25) is 0 Å². The van der Waals surface area contributed by atoms with Gasteiger partial charge in [0.25, 0.3) is 0 Å². The second kappa shape index (κ2) is 4.63. The maximum absolute atomic E-state index is 10.2. The van der Waals surface area contributed by atoms with Crippen molar-refractivity contribution in [1.82, 2.24) is 0 Å². The fourth-order valence-corrected chi connectivity index (χ4v) is 2.19. The summed E-state index contributed by atoms with van der Waals surface area (Å²) >= 11 is 0. The Labute approximate surface area is 91.4 Å². The third kappa shape index (κ3) is 2.13. The molecule has 2 atom stereocenters. The lowest BCUT2D eigenvalue weighted by atomic mass is 9.84. The van der Waals surface area contributed by atoms with Crippen molar-refractivity contribution in [3.05, 3.63) is 41.5 Å². The smallest absolute Gasteiger partial charge is 0.0858 e. The minimum absolute atomic E-state index is 0.305. The molecule has 15 heavy (non-hydrogen) atoms. The van der Waals surface area contributed by atoms with Crippen molar-refractivity contribution < 1.29 is 5.11 Å². The topological polar surface area (TPSA) is 20.2 Å². The van der Waals surface area contributed by atoms with Gasteiger partial charge in [0.05, 0.1) is 6.10 Å². The summed E-state index contributed by atoms with van der Waals surface area (Å²) in [4.78, 5) is 0. The first-order chi connectivity index (χ1) is 7.33. The monoisotopic (exact) mass is 202 g/mol. The van der Waals surface area contributed by atoms with Crippen LogP contribution in [-0.4, -0.2) is 5.11 Å². The van der Waals surface area contributed by atoms with Gasteiger partial charge in [0.15, 0.2) is 0 Å². The average molecular weight is 202 g/mol. The second-order valence-corrected chi connectivity index (χ2v) is 4.24. The molecule has 1 heteroatoms. The Kier molecular flexibility index (Phi) is 3.22. The Morgan fingerprint density at radius 3 is 2.87 bits per heavy atom. The number of hydrogen-bond acceptors (Lipinski definition) is 1. The molecule has 2 rings (SSSR count). The van der Waals surface area contributed by atoms with E-state index >= 15 is 0 Å². The van der Waals surface area contributed by atoms with Crippen molar-refractivity contribution in [2.45, 2.75) is 32.3 Å². The fourth-order valence-electron chi connectivity index (χ4n) is 2.19. The van der Waals surface area contributed by atoms with E-state index in [2.05, 4.69) is 25.1 Å². The average Bonchev–Trinajstić information content (AvgIpc) is 2.29. The van der Waals surface area contributed by atoms with Gasteiger partial charge >= 0.3 is 0 Å². The Hall–Kier alpha value is -1.08. The zero-order valence-electron chi connectivity index (χ0n) is 9.19. The lowest BCUT2D eigenvalue weighted by molar-refractivity contribution is 0.124. The quantitative estimate of drug-likeness (QED) is 0.794. The standard InChI is InChI=1S/C14H18O/c1-2-3-6-12-10-9-11-7-4-5-8-13(11)14(12)15/h4-5,7-10,12,14-15H,2-3,6H2,1H3/t12-,14-/m1/s1. The summed E-state index contributed by atoms with van der Waals surface area (Å²) in [5.41, 5.74) is 2.25. The van der Waals surface area contributed by atoms with E-state index < -0.39 is 0 Å². The highest BCUT2D eigenvalue weighted by Crippen LogP contribution is 2.34. The predicted molar refractivity (Wildman–Crippen MR) is 63.5 cm³/mol. The molecule has 0 bridgehead atoms. The van der Waals surface area contributed by atoms with Crippen molar-refractivity contribution in [3.63, 3.8) is 0 Å². The van der Waals surface area contributed by atoms with Crippen LogP contribution >= 0.6 is 0 Å². The van der Waals surface area contributed by atoms with E-state index in [-0.39, 0.29) is 6.10 Å². The molecule has 1 aliphatic rings. The van der Waals surface area contributed by atoms with E-state index in [0.29, 0.717) is 5.92 Å². The highest BCUT2D eigenvalue weighted by atomic mass is 16.3. The van der Waals surface area contributed by atoms with Crippen molar-refractivity contribution >= 4 is 6.08 Å². The molecule has 0 fully saturated rings. The molecule has 1 nitrogen and oxygen atoms in total. The molecular formula is C14H18O. The normalized spacial score (nSPS) is 23.9. The van der Waals surface area contributed by atoms with Crippen LogP contribution in [0.3, 0.4) is 0 Å². The van der Waals surface area contributed by atoms with Crippen LogP contribution < -0.4 is 0 Å². The number of aliphatic hydroxyl groups excluding tert-OH is 1. The van der Waals surface area contributed by atoms with Crippen molar-refractivity contribution in [1.29, 1.82) is 0 Å². The van der Waals surface area contributed by atoms with E-state index in [0.717, 1.165) is 17.5 Å². The Balaban J connectivity index is 2.18. The minimum Gasteiger partial charge on any atom is -0.388 e. The first-order valence-corrected chi connectivity index (χ1v) is 5.78. The minimum atomic E-state index is -0.308. The molecule has 0 aliphatic heterocycles. The Morgan fingerprint density at radius 1 is 1.27 bits per heavy atom. The van der Waals surface area contributed by atoms with E-state index in [4.69, 9.17) is 0 Å². The van der Waals surface area contributed by atoms with Crippen molar-refractivity contribution in [2.75, 3.05) is 0 Å². The number of hydrogen-bond donors (Lipinski definition) is 1. The molecule has 0 saturated heterocycles. The number of benzene rings is 1. The Morgan fingerprint density at radius 2 is 2.07 bits per heavy atom. The Bertz CT molecular complexity index is 354. The van der Waals surface area contributed by atoms with E-state index in [1.165, 1.54) is 12.8 Å². The number of rotatable bonds is 3. The van der Waals surface area contributed by atoms with E-state index in [1.54, 1.807) is 0 Å². The summed E-state index contributed by atoms with van der Waals surface area (Å²) in [7, 11) is 0. The molecule has 0 radical (unpaired) electrons. The maximum Gasteiger partial charge on any atom is 0.0858 e. The van der Waals surface area contributed by atoms with Crippen LogP contribution in [0.25, 0.3) is 6.08 Å². The van der Waals surface area contributed by atoms with Gasteiger partial charge in [-0.15, -0.1) is 0 Å². The van der Waals surface area contributed by atoms with Crippen LogP contribution in [0.2, 0.25) is 0 Å². The summed E-state index contributed by atoms with van der Waals surface area (Å²) in [6.07, 6.45) is 7.46. The molecule has 0 saturated carbocycles. The molecule has 1 aromatic rings. The largest absolute Gasteiger partial charge is 0.388 e. The van der Waals surface area contributed by atoms with Crippen LogP contribution in [-0.2, 0) is 0 Å². The van der Waals surface area contributed by atoms with Crippen LogP contribution in [0, 0.1) is 5.92 Å². The van der Waals surface area contributed by atoms with Gasteiger partial charge < -0.3 is 5.11 Å². The summed E-state index contributed by atoms with van der Waals surface area (Å²) in [6.45, 7) is 2.19. The summed E-state index contributed by atoms with van der Waals surface area (Å²) in [5, 5.41) is 10.2. The lowest BCUT2D eigenvalue weighted by Gasteiger charge is -2.25. The SMILES string of the molecule is CCCC[C@@H]1C=Cc2ccccc2[C@@H]1O. The third-order valence-corrected chi connectivity index (χ3v) is 3.13. The molecule has 0 heterocycles. The molecule has 1 aliphatic carbocycles. The summed E-state index contributed by atoms with van der Waals surface area (Å²) < 4.78 is 0. The summed E-state index contributed by atoms with van der Waals surface area (Å²) in [6, 6.07) is 8.11. The van der Waals surface area contributed by atoms with Gasteiger partial charge in [-0.25, -0.2) is 0 Å². The van der Waals surface area contributed by atoms with E-state index in [9.17, 15) is 5.11 Å². The number of aliphatic hydroxyl groups is 1. The number of fused-ring (bicyclic) bond motifs is 1. The molecule has 80 valence electrons. The van der Waals surface area contributed by atoms with Crippen LogP contribution in [0.15, 0.2) is 30.3 Å². The molecule has 1 N–H and O–H groups in total. The second-order valence-electron chi connectivity index (χ2n) is 4.24. The lowest BCUT2D eigenvalue weighted by Crippen LogP contribution is -2.14. The third-order valence-electron chi connectivity index (χ3n) is 3.13. The molecule has 0 amide bonds. The molecule has 0 unspecified atom stereocenters. The highest BCUT2D eigenvalue weighted by Gasteiger charge is 2.22. The molecule has 0 spiro atoms. The fraction of sp³-hybridized carbons (Fsp3) is 0.429. The number of unbranched alkanes of at least 4 members (excludes halogenated alkanes) is 1. The predicted octanol–water partition coefficient (Wildman–Crippen LogP) is 3.55. The maximum atomic E-state index is 10.2. The van der Waals surface area contributed by atoms with Crippen LogP contribution in [0.4, 0.5) is 0 Å². The van der Waals surface area contributed by atoms with Crippen molar-refractivity contribution in [2.24, 2.45) is 5.92 Å². The van der Waals surface area contributed by atoms with Gasteiger partial charge in [0, 0.05) is 5.92 Å². The van der Waals surface area contributed by atoms with Gasteiger partial charge in [0.2, 0.25) is 0 Å². The van der Waals surface area contributed by atoms with Gasteiger partial charge in [-0.2, -0.15) is 0 Å². The zero-order valence-corrected chi connectivity index (χ0v) is 9.19. The molecule has 0 aromatic heterocycles. The zero-order chi connectivity index (χ0) is 10.7. The van der Waals surface area contributed by atoms with E-state index in [1.807, 2.05) is 18.2 Å². The summed E-state index contributed by atoms with van der Waals surface area (Å²) in [5.74, 6) is 0.305.